The third-order valence-corrected chi connectivity index (χ3v) is 4.13. The third kappa shape index (κ3) is 1.98. The van der Waals surface area contributed by atoms with Gasteiger partial charge < -0.3 is 10.7 Å². The van der Waals surface area contributed by atoms with Crippen LogP contribution in [0.15, 0.2) is 66.7 Å². The quantitative estimate of drug-likeness (QED) is 0.560. The molecule has 1 atom stereocenters. The standard InChI is InChI=1S/C19H15FN2/c20-16-7-3-1-6-14(16)19(21)12-9-10-18-15(11-12)13-5-2-4-8-17(13)22-18/h1-11,19,22H,21H2. The van der Waals surface area contributed by atoms with E-state index in [2.05, 4.69) is 11.1 Å². The zero-order valence-electron chi connectivity index (χ0n) is 11.9. The van der Waals surface area contributed by atoms with Crippen LogP contribution in [-0.4, -0.2) is 4.98 Å². The van der Waals surface area contributed by atoms with Gasteiger partial charge in [0.25, 0.3) is 0 Å². The number of para-hydroxylation sites is 1. The zero-order valence-corrected chi connectivity index (χ0v) is 11.9. The van der Waals surface area contributed by atoms with E-state index in [0.717, 1.165) is 27.4 Å². The molecule has 0 aliphatic heterocycles. The highest BCUT2D eigenvalue weighted by molar-refractivity contribution is 6.07. The summed E-state index contributed by atoms with van der Waals surface area (Å²) in [5.41, 5.74) is 9.84. The Labute approximate surface area is 127 Å². The average molecular weight is 290 g/mol. The Balaban J connectivity index is 1.89. The molecule has 1 heterocycles. The molecule has 0 saturated carbocycles. The predicted molar refractivity (Wildman–Crippen MR) is 88.2 cm³/mol. The van der Waals surface area contributed by atoms with Crippen molar-refractivity contribution in [1.82, 2.24) is 4.98 Å². The second-order valence-corrected chi connectivity index (χ2v) is 5.47. The number of rotatable bonds is 2. The van der Waals surface area contributed by atoms with Crippen molar-refractivity contribution in [2.45, 2.75) is 6.04 Å². The van der Waals surface area contributed by atoms with Gasteiger partial charge in [-0.1, -0.05) is 42.5 Å². The zero-order chi connectivity index (χ0) is 15.1. The van der Waals surface area contributed by atoms with Crippen LogP contribution in [0.4, 0.5) is 4.39 Å². The van der Waals surface area contributed by atoms with Crippen LogP contribution >= 0.6 is 0 Å². The first-order chi connectivity index (χ1) is 10.7. The number of hydrogen-bond donors (Lipinski definition) is 2. The summed E-state index contributed by atoms with van der Waals surface area (Å²) in [6.07, 6.45) is 0. The van der Waals surface area contributed by atoms with Gasteiger partial charge in [0.05, 0.1) is 6.04 Å². The summed E-state index contributed by atoms with van der Waals surface area (Å²) in [6.45, 7) is 0. The highest BCUT2D eigenvalue weighted by Gasteiger charge is 2.14. The Morgan fingerprint density at radius 3 is 2.41 bits per heavy atom. The van der Waals surface area contributed by atoms with Crippen molar-refractivity contribution in [3.05, 3.63) is 83.7 Å². The molecule has 0 spiro atoms. The second-order valence-electron chi connectivity index (χ2n) is 5.47. The lowest BCUT2D eigenvalue weighted by molar-refractivity contribution is 0.600. The monoisotopic (exact) mass is 290 g/mol. The van der Waals surface area contributed by atoms with Crippen molar-refractivity contribution < 1.29 is 4.39 Å². The van der Waals surface area contributed by atoms with Gasteiger partial charge in [0, 0.05) is 27.4 Å². The lowest BCUT2D eigenvalue weighted by Gasteiger charge is -2.13. The fourth-order valence-electron chi connectivity index (χ4n) is 2.97. The third-order valence-electron chi connectivity index (χ3n) is 4.13. The maximum atomic E-state index is 13.9. The van der Waals surface area contributed by atoms with Crippen molar-refractivity contribution in [1.29, 1.82) is 0 Å². The molecule has 1 unspecified atom stereocenters. The summed E-state index contributed by atoms with van der Waals surface area (Å²) in [5, 5.41) is 2.26. The van der Waals surface area contributed by atoms with E-state index in [-0.39, 0.29) is 5.82 Å². The van der Waals surface area contributed by atoms with Crippen molar-refractivity contribution in [2.75, 3.05) is 0 Å². The molecule has 3 N–H and O–H groups in total. The lowest BCUT2D eigenvalue weighted by atomic mass is 9.97. The molecular weight excluding hydrogens is 275 g/mol. The molecule has 1 aromatic heterocycles. The van der Waals surface area contributed by atoms with E-state index in [1.165, 1.54) is 6.07 Å². The summed E-state index contributed by atoms with van der Waals surface area (Å²) >= 11 is 0. The molecule has 3 aromatic carbocycles. The minimum atomic E-state index is -0.473. The van der Waals surface area contributed by atoms with Crippen LogP contribution in [0.3, 0.4) is 0 Å². The largest absolute Gasteiger partial charge is 0.355 e. The van der Waals surface area contributed by atoms with E-state index >= 15 is 0 Å². The smallest absolute Gasteiger partial charge is 0.128 e. The van der Waals surface area contributed by atoms with Crippen LogP contribution in [0.1, 0.15) is 17.2 Å². The highest BCUT2D eigenvalue weighted by atomic mass is 19.1. The van der Waals surface area contributed by atoms with Gasteiger partial charge in [-0.2, -0.15) is 0 Å². The molecular formula is C19H15FN2. The molecule has 0 aliphatic rings. The average Bonchev–Trinajstić information content (AvgIpc) is 2.92. The van der Waals surface area contributed by atoms with Crippen LogP contribution in [0, 0.1) is 5.82 Å². The van der Waals surface area contributed by atoms with Crippen LogP contribution < -0.4 is 5.73 Å². The number of aromatic amines is 1. The first-order valence-electron chi connectivity index (χ1n) is 7.24. The molecule has 3 heteroatoms. The molecule has 0 aliphatic carbocycles. The van der Waals surface area contributed by atoms with E-state index in [4.69, 9.17) is 5.73 Å². The summed E-state index contributed by atoms with van der Waals surface area (Å²) in [6, 6.07) is 20.3. The van der Waals surface area contributed by atoms with E-state index in [0.29, 0.717) is 5.56 Å². The fourth-order valence-corrected chi connectivity index (χ4v) is 2.97. The normalized spacial score (nSPS) is 12.8. The fraction of sp³-hybridized carbons (Fsp3) is 0.0526. The number of hydrogen-bond acceptors (Lipinski definition) is 1. The Morgan fingerprint density at radius 2 is 1.55 bits per heavy atom. The minimum absolute atomic E-state index is 0.269. The molecule has 0 bridgehead atoms. The molecule has 22 heavy (non-hydrogen) atoms. The number of fused-ring (bicyclic) bond motifs is 3. The first kappa shape index (κ1) is 13.0. The number of aromatic nitrogens is 1. The molecule has 2 nitrogen and oxygen atoms in total. The van der Waals surface area contributed by atoms with Gasteiger partial charge in [0.2, 0.25) is 0 Å². The molecule has 0 fully saturated rings. The Bertz CT molecular complexity index is 971. The number of nitrogens with one attached hydrogen (secondary N) is 1. The predicted octanol–water partition coefficient (Wildman–Crippen LogP) is 4.51. The van der Waals surface area contributed by atoms with E-state index in [1.807, 2.05) is 42.5 Å². The lowest BCUT2D eigenvalue weighted by Crippen LogP contribution is -2.13. The molecule has 4 rings (SSSR count). The van der Waals surface area contributed by atoms with Crippen molar-refractivity contribution >= 4 is 21.8 Å². The van der Waals surface area contributed by atoms with Crippen LogP contribution in [-0.2, 0) is 0 Å². The number of halogens is 1. The topological polar surface area (TPSA) is 41.8 Å². The van der Waals surface area contributed by atoms with Gasteiger partial charge in [-0.3, -0.25) is 0 Å². The van der Waals surface area contributed by atoms with Gasteiger partial charge in [-0.25, -0.2) is 4.39 Å². The Kier molecular flexibility index (Phi) is 2.94. The molecule has 0 amide bonds. The summed E-state index contributed by atoms with van der Waals surface area (Å²) in [7, 11) is 0. The Hall–Kier alpha value is -2.65. The molecule has 108 valence electrons. The molecule has 0 radical (unpaired) electrons. The van der Waals surface area contributed by atoms with Gasteiger partial charge in [-0.05, 0) is 29.8 Å². The van der Waals surface area contributed by atoms with Gasteiger partial charge in [0.1, 0.15) is 5.82 Å². The van der Waals surface area contributed by atoms with Gasteiger partial charge >= 0.3 is 0 Å². The van der Waals surface area contributed by atoms with Crippen LogP contribution in [0.5, 0.6) is 0 Å². The molecule has 0 saturated heterocycles. The van der Waals surface area contributed by atoms with E-state index in [1.54, 1.807) is 12.1 Å². The molecule has 4 aromatic rings. The van der Waals surface area contributed by atoms with E-state index < -0.39 is 6.04 Å². The summed E-state index contributed by atoms with van der Waals surface area (Å²) in [5.74, 6) is -0.269. The van der Waals surface area contributed by atoms with E-state index in [9.17, 15) is 4.39 Å². The maximum Gasteiger partial charge on any atom is 0.128 e. The van der Waals surface area contributed by atoms with Crippen molar-refractivity contribution in [2.24, 2.45) is 5.73 Å². The highest BCUT2D eigenvalue weighted by Crippen LogP contribution is 2.29. The van der Waals surface area contributed by atoms with Crippen molar-refractivity contribution in [3.8, 4) is 0 Å². The number of nitrogens with two attached hydrogens (primary N) is 1. The maximum absolute atomic E-state index is 13.9. The van der Waals surface area contributed by atoms with Crippen molar-refractivity contribution in [3.63, 3.8) is 0 Å². The second kappa shape index (κ2) is 4.97. The van der Waals surface area contributed by atoms with Gasteiger partial charge in [-0.15, -0.1) is 0 Å². The number of benzene rings is 3. The van der Waals surface area contributed by atoms with Gasteiger partial charge in [0.15, 0.2) is 0 Å². The number of H-pyrrole nitrogens is 1. The summed E-state index contributed by atoms with van der Waals surface area (Å²) < 4.78 is 13.9. The van der Waals surface area contributed by atoms with Crippen LogP contribution in [0.25, 0.3) is 21.8 Å². The Morgan fingerprint density at radius 1 is 0.818 bits per heavy atom. The SMILES string of the molecule is NC(c1ccc2[nH]c3ccccc3c2c1)c1ccccc1F. The summed E-state index contributed by atoms with van der Waals surface area (Å²) in [4.78, 5) is 3.38. The minimum Gasteiger partial charge on any atom is -0.355 e. The first-order valence-corrected chi connectivity index (χ1v) is 7.24. The van der Waals surface area contributed by atoms with Crippen LogP contribution in [0.2, 0.25) is 0 Å².